The van der Waals surface area contributed by atoms with Gasteiger partial charge in [-0.05, 0) is 11.1 Å². The molecule has 0 saturated heterocycles. The molecule has 0 spiro atoms. The molecule has 16 heavy (non-hydrogen) atoms. The predicted molar refractivity (Wildman–Crippen MR) is 63.0 cm³/mol. The Labute approximate surface area is 96.4 Å². The summed E-state index contributed by atoms with van der Waals surface area (Å²) in [5.74, 6) is 0.460. The highest BCUT2D eigenvalue weighted by Crippen LogP contribution is 2.10. The van der Waals surface area contributed by atoms with Crippen molar-refractivity contribution < 1.29 is 4.21 Å². The van der Waals surface area contributed by atoms with E-state index >= 15 is 0 Å². The maximum atomic E-state index is 11.9. The van der Waals surface area contributed by atoms with Gasteiger partial charge in [0.25, 0.3) is 0 Å². The van der Waals surface area contributed by atoms with E-state index in [1.165, 1.54) is 0 Å². The van der Waals surface area contributed by atoms with Crippen LogP contribution in [0.15, 0.2) is 41.8 Å². The van der Waals surface area contributed by atoms with Crippen LogP contribution in [0.2, 0.25) is 0 Å². The van der Waals surface area contributed by atoms with Crippen molar-refractivity contribution in [2.45, 2.75) is 17.5 Å². The summed E-state index contributed by atoms with van der Waals surface area (Å²) < 4.78 is 11.9. The van der Waals surface area contributed by atoms with Gasteiger partial charge in [0.15, 0.2) is 5.16 Å². The SMILES string of the molecule is NCc1cccc(CS(=O)c2ncc[nH]2)c1. The van der Waals surface area contributed by atoms with Crippen LogP contribution in [-0.2, 0) is 23.1 Å². The number of benzene rings is 1. The second kappa shape index (κ2) is 5.05. The Bertz CT molecular complexity index is 482. The molecule has 2 rings (SSSR count). The Morgan fingerprint density at radius 2 is 2.19 bits per heavy atom. The highest BCUT2D eigenvalue weighted by Gasteiger charge is 2.07. The molecule has 0 aliphatic rings. The fourth-order valence-corrected chi connectivity index (χ4v) is 2.44. The quantitative estimate of drug-likeness (QED) is 0.835. The number of hydrogen-bond acceptors (Lipinski definition) is 3. The van der Waals surface area contributed by atoms with Crippen LogP contribution < -0.4 is 5.73 Å². The average molecular weight is 235 g/mol. The molecule has 0 fully saturated rings. The first-order valence-electron chi connectivity index (χ1n) is 4.95. The van der Waals surface area contributed by atoms with Gasteiger partial charge >= 0.3 is 0 Å². The lowest BCUT2D eigenvalue weighted by atomic mass is 10.1. The first-order chi connectivity index (χ1) is 7.79. The van der Waals surface area contributed by atoms with E-state index in [4.69, 9.17) is 5.73 Å². The third-order valence-corrected chi connectivity index (χ3v) is 3.46. The van der Waals surface area contributed by atoms with Gasteiger partial charge in [-0.3, -0.25) is 4.21 Å². The van der Waals surface area contributed by atoms with Crippen molar-refractivity contribution in [2.24, 2.45) is 5.73 Å². The van der Waals surface area contributed by atoms with Crippen molar-refractivity contribution in [2.75, 3.05) is 0 Å². The molecular formula is C11H13N3OS. The molecule has 0 radical (unpaired) electrons. The van der Waals surface area contributed by atoms with Gasteiger partial charge in [0.2, 0.25) is 0 Å². The molecule has 1 aromatic carbocycles. The predicted octanol–water partition coefficient (Wildman–Crippen LogP) is 1.18. The zero-order chi connectivity index (χ0) is 11.4. The third-order valence-electron chi connectivity index (χ3n) is 2.21. The van der Waals surface area contributed by atoms with Crippen LogP contribution in [0, 0.1) is 0 Å². The molecule has 0 amide bonds. The van der Waals surface area contributed by atoms with Crippen molar-refractivity contribution in [3.8, 4) is 0 Å². The minimum atomic E-state index is -1.12. The largest absolute Gasteiger partial charge is 0.338 e. The van der Waals surface area contributed by atoms with Crippen LogP contribution in [0.1, 0.15) is 11.1 Å². The topological polar surface area (TPSA) is 71.8 Å². The molecule has 3 N–H and O–H groups in total. The molecule has 1 aromatic heterocycles. The summed E-state index contributed by atoms with van der Waals surface area (Å²) in [7, 11) is -1.12. The fourth-order valence-electron chi connectivity index (χ4n) is 1.44. The fraction of sp³-hybridized carbons (Fsp3) is 0.182. The van der Waals surface area contributed by atoms with E-state index in [1.54, 1.807) is 12.4 Å². The van der Waals surface area contributed by atoms with E-state index in [9.17, 15) is 4.21 Å². The summed E-state index contributed by atoms with van der Waals surface area (Å²) in [6.07, 6.45) is 3.27. The lowest BCUT2D eigenvalue weighted by Crippen LogP contribution is -2.01. The van der Waals surface area contributed by atoms with Gasteiger partial charge in [0.05, 0.1) is 16.6 Å². The summed E-state index contributed by atoms with van der Waals surface area (Å²) in [6.45, 7) is 0.501. The smallest absolute Gasteiger partial charge is 0.196 e. The van der Waals surface area contributed by atoms with Crippen LogP contribution in [0.25, 0.3) is 0 Å². The Morgan fingerprint density at radius 3 is 2.88 bits per heavy atom. The van der Waals surface area contributed by atoms with Crippen LogP contribution >= 0.6 is 0 Å². The van der Waals surface area contributed by atoms with E-state index in [-0.39, 0.29) is 0 Å². The van der Waals surface area contributed by atoms with Gasteiger partial charge < -0.3 is 10.7 Å². The normalized spacial score (nSPS) is 12.6. The monoisotopic (exact) mass is 235 g/mol. The zero-order valence-electron chi connectivity index (χ0n) is 8.72. The van der Waals surface area contributed by atoms with Gasteiger partial charge in [0.1, 0.15) is 0 Å². The minimum absolute atomic E-state index is 0.460. The molecular weight excluding hydrogens is 222 g/mol. The van der Waals surface area contributed by atoms with Crippen molar-refractivity contribution in [3.05, 3.63) is 47.8 Å². The van der Waals surface area contributed by atoms with Gasteiger partial charge in [-0.2, -0.15) is 0 Å². The molecule has 2 aromatic rings. The van der Waals surface area contributed by atoms with Gasteiger partial charge in [0, 0.05) is 18.9 Å². The molecule has 0 bridgehead atoms. The van der Waals surface area contributed by atoms with Crippen molar-refractivity contribution >= 4 is 10.8 Å². The first kappa shape index (κ1) is 11.0. The summed E-state index contributed by atoms with van der Waals surface area (Å²) in [4.78, 5) is 6.82. The number of nitrogens with two attached hydrogens (primary N) is 1. The lowest BCUT2D eigenvalue weighted by Gasteiger charge is -2.02. The number of aromatic amines is 1. The van der Waals surface area contributed by atoms with Crippen molar-refractivity contribution in [3.63, 3.8) is 0 Å². The molecule has 1 atom stereocenters. The van der Waals surface area contributed by atoms with E-state index in [0.29, 0.717) is 17.5 Å². The highest BCUT2D eigenvalue weighted by molar-refractivity contribution is 7.84. The minimum Gasteiger partial charge on any atom is -0.338 e. The molecule has 84 valence electrons. The van der Waals surface area contributed by atoms with Gasteiger partial charge in [-0.15, -0.1) is 0 Å². The van der Waals surface area contributed by atoms with Crippen LogP contribution in [0.4, 0.5) is 0 Å². The Hall–Kier alpha value is -1.46. The molecule has 1 heterocycles. The summed E-state index contributed by atoms with van der Waals surface area (Å²) in [6, 6.07) is 7.80. The number of imidazole rings is 1. The average Bonchev–Trinajstić information content (AvgIpc) is 2.83. The molecule has 0 saturated carbocycles. The Morgan fingerprint density at radius 1 is 1.38 bits per heavy atom. The summed E-state index contributed by atoms with van der Waals surface area (Å²) >= 11 is 0. The second-order valence-electron chi connectivity index (χ2n) is 3.41. The number of nitrogens with one attached hydrogen (secondary N) is 1. The van der Waals surface area contributed by atoms with E-state index in [1.807, 2.05) is 24.3 Å². The van der Waals surface area contributed by atoms with E-state index < -0.39 is 10.8 Å². The Balaban J connectivity index is 2.12. The maximum Gasteiger partial charge on any atom is 0.196 e. The summed E-state index contributed by atoms with van der Waals surface area (Å²) in [5.41, 5.74) is 7.61. The maximum absolute atomic E-state index is 11.9. The first-order valence-corrected chi connectivity index (χ1v) is 6.27. The van der Waals surface area contributed by atoms with Crippen molar-refractivity contribution in [1.29, 1.82) is 0 Å². The van der Waals surface area contributed by atoms with Crippen LogP contribution in [-0.4, -0.2) is 14.2 Å². The zero-order valence-corrected chi connectivity index (χ0v) is 9.54. The van der Waals surface area contributed by atoms with Crippen molar-refractivity contribution in [1.82, 2.24) is 9.97 Å². The third kappa shape index (κ3) is 2.56. The van der Waals surface area contributed by atoms with Gasteiger partial charge in [-0.25, -0.2) is 4.98 Å². The number of nitrogens with zero attached hydrogens (tertiary/aromatic N) is 1. The molecule has 1 unspecified atom stereocenters. The standard InChI is InChI=1S/C11H13N3OS/c12-7-9-2-1-3-10(6-9)8-16(15)11-13-4-5-14-11/h1-6H,7-8,12H2,(H,13,14). The molecule has 0 aliphatic heterocycles. The molecule has 4 nitrogen and oxygen atoms in total. The second-order valence-corrected chi connectivity index (χ2v) is 4.77. The molecule has 0 aliphatic carbocycles. The van der Waals surface area contributed by atoms with Crippen LogP contribution in [0.5, 0.6) is 0 Å². The summed E-state index contributed by atoms with van der Waals surface area (Å²) in [5, 5.41) is 0.512. The van der Waals surface area contributed by atoms with E-state index in [0.717, 1.165) is 11.1 Å². The number of hydrogen-bond donors (Lipinski definition) is 2. The molecule has 5 heteroatoms. The Kier molecular flexibility index (Phi) is 3.48. The number of H-pyrrole nitrogens is 1. The van der Waals surface area contributed by atoms with Crippen LogP contribution in [0.3, 0.4) is 0 Å². The lowest BCUT2D eigenvalue weighted by molar-refractivity contribution is 0.677. The van der Waals surface area contributed by atoms with E-state index in [2.05, 4.69) is 9.97 Å². The highest BCUT2D eigenvalue weighted by atomic mass is 32.2. The number of rotatable bonds is 4. The van der Waals surface area contributed by atoms with Gasteiger partial charge in [-0.1, -0.05) is 24.3 Å². The number of aromatic nitrogens is 2.